The van der Waals surface area contributed by atoms with Gasteiger partial charge in [-0.3, -0.25) is 0 Å². The van der Waals surface area contributed by atoms with E-state index >= 15 is 0 Å². The molecule has 0 radical (unpaired) electrons. The number of benzene rings is 8. The van der Waals surface area contributed by atoms with E-state index in [1.54, 1.807) is 0 Å². The van der Waals surface area contributed by atoms with Crippen LogP contribution in [0.2, 0.25) is 0 Å². The third-order valence-corrected chi connectivity index (χ3v) is 9.76. The predicted molar refractivity (Wildman–Crippen MR) is 206 cm³/mol. The summed E-state index contributed by atoms with van der Waals surface area (Å²) in [5.74, 6) is 0. The van der Waals surface area contributed by atoms with Crippen LogP contribution >= 0.6 is 0 Å². The lowest BCUT2D eigenvalue weighted by Gasteiger charge is -2.26. The van der Waals surface area contributed by atoms with E-state index in [0.29, 0.717) is 0 Å². The van der Waals surface area contributed by atoms with Gasteiger partial charge in [0.25, 0.3) is 0 Å². The van der Waals surface area contributed by atoms with Crippen LogP contribution in [0.5, 0.6) is 0 Å². The molecule has 0 bridgehead atoms. The minimum atomic E-state index is 0.881. The summed E-state index contributed by atoms with van der Waals surface area (Å²) in [4.78, 5) is 2.33. The topological polar surface area (TPSA) is 21.3 Å². The fourth-order valence-electron chi connectivity index (χ4n) is 7.55. The van der Waals surface area contributed by atoms with Crippen molar-refractivity contribution in [1.29, 1.82) is 0 Å². The van der Waals surface area contributed by atoms with E-state index in [1.807, 2.05) is 12.1 Å². The van der Waals surface area contributed by atoms with Gasteiger partial charge in [0.1, 0.15) is 11.2 Å². The van der Waals surface area contributed by atoms with Crippen LogP contribution in [0.25, 0.3) is 71.3 Å². The van der Waals surface area contributed by atoms with Crippen molar-refractivity contribution in [3.05, 3.63) is 182 Å². The zero-order valence-corrected chi connectivity index (χ0v) is 26.6. The van der Waals surface area contributed by atoms with Gasteiger partial charge in [0.05, 0.1) is 22.1 Å². The first-order valence-electron chi connectivity index (χ1n) is 16.7. The van der Waals surface area contributed by atoms with Gasteiger partial charge in [-0.15, -0.1) is 0 Å². The Hall–Kier alpha value is -6.58. The summed E-state index contributed by atoms with van der Waals surface area (Å²) < 4.78 is 8.71. The van der Waals surface area contributed by atoms with Crippen molar-refractivity contribution in [2.45, 2.75) is 0 Å². The molecule has 10 aromatic rings. The van der Waals surface area contributed by atoms with Gasteiger partial charge < -0.3 is 13.9 Å². The molecule has 0 saturated carbocycles. The summed E-state index contributed by atoms with van der Waals surface area (Å²) in [6.45, 7) is 0. The summed E-state index contributed by atoms with van der Waals surface area (Å²) >= 11 is 0. The number of hydrogen-bond donors (Lipinski definition) is 0. The molecule has 0 spiro atoms. The monoisotopic (exact) mass is 626 g/mol. The van der Waals surface area contributed by atoms with E-state index < -0.39 is 0 Å². The molecule has 0 fully saturated rings. The first-order valence-corrected chi connectivity index (χ1v) is 16.7. The van der Waals surface area contributed by atoms with E-state index in [1.165, 1.54) is 43.7 Å². The fraction of sp³-hybridized carbons (Fsp3) is 0. The summed E-state index contributed by atoms with van der Waals surface area (Å²) in [5.41, 5.74) is 11.0. The van der Waals surface area contributed by atoms with Crippen molar-refractivity contribution in [3.63, 3.8) is 0 Å². The Labute approximate surface area is 283 Å². The molecule has 0 saturated heterocycles. The summed E-state index contributed by atoms with van der Waals surface area (Å²) in [6.07, 6.45) is 0. The van der Waals surface area contributed by atoms with Gasteiger partial charge in [0.2, 0.25) is 0 Å². The number of anilines is 3. The molecule has 0 aliphatic heterocycles. The molecule has 0 amide bonds. The van der Waals surface area contributed by atoms with Crippen LogP contribution < -0.4 is 4.90 Å². The molecule has 49 heavy (non-hydrogen) atoms. The molecule has 0 aliphatic carbocycles. The van der Waals surface area contributed by atoms with Gasteiger partial charge in [-0.2, -0.15) is 0 Å². The molecule has 3 nitrogen and oxygen atoms in total. The molecule has 0 N–H and O–H groups in total. The first kappa shape index (κ1) is 27.5. The first-order chi connectivity index (χ1) is 24.3. The Balaban J connectivity index is 1.14. The van der Waals surface area contributed by atoms with Crippen molar-refractivity contribution in [1.82, 2.24) is 4.57 Å². The van der Waals surface area contributed by atoms with Gasteiger partial charge >= 0.3 is 0 Å². The zero-order chi connectivity index (χ0) is 32.3. The Morgan fingerprint density at radius 1 is 0.429 bits per heavy atom. The fourth-order valence-corrected chi connectivity index (χ4v) is 7.55. The van der Waals surface area contributed by atoms with Crippen molar-refractivity contribution in [2.24, 2.45) is 0 Å². The van der Waals surface area contributed by atoms with Crippen LogP contribution in [0.1, 0.15) is 0 Å². The second-order valence-corrected chi connectivity index (χ2v) is 12.6. The van der Waals surface area contributed by atoms with E-state index in [0.717, 1.165) is 44.7 Å². The average Bonchev–Trinajstić information content (AvgIpc) is 3.72. The molecular weight excluding hydrogens is 597 g/mol. The molecule has 10 rings (SSSR count). The molecule has 3 heteroatoms. The second kappa shape index (κ2) is 11.0. The number of aromatic nitrogens is 1. The van der Waals surface area contributed by atoms with Gasteiger partial charge in [-0.25, -0.2) is 0 Å². The number of rotatable bonds is 5. The maximum Gasteiger partial charge on any atom is 0.137 e. The van der Waals surface area contributed by atoms with Gasteiger partial charge in [0.15, 0.2) is 0 Å². The largest absolute Gasteiger partial charge is 0.456 e. The lowest BCUT2D eigenvalue weighted by atomic mass is 10.0. The normalized spacial score (nSPS) is 11.7. The van der Waals surface area contributed by atoms with Crippen molar-refractivity contribution in [2.75, 3.05) is 4.90 Å². The predicted octanol–water partition coefficient (Wildman–Crippen LogP) is 13.0. The average molecular weight is 627 g/mol. The number of para-hydroxylation sites is 3. The standard InChI is InChI=1S/C46H30N2O/c1-3-13-34(14-4-1)47(41-19-11-21-44-45(41)40-18-9-10-20-43(40)49-44)36-26-22-31(23-27-36)33-25-28-38-39-29-24-32-12-7-8-17-37(32)46(39)48(42(38)30-33)35-15-5-2-6-16-35/h1-30H. The van der Waals surface area contributed by atoms with Crippen molar-refractivity contribution in [3.8, 4) is 16.8 Å². The molecule has 2 aromatic heterocycles. The molecular formula is C46H30N2O. The lowest BCUT2D eigenvalue weighted by Crippen LogP contribution is -2.10. The Morgan fingerprint density at radius 2 is 1.08 bits per heavy atom. The van der Waals surface area contributed by atoms with Crippen LogP contribution in [-0.4, -0.2) is 4.57 Å². The Bertz CT molecular complexity index is 2810. The van der Waals surface area contributed by atoms with Crippen LogP contribution in [0.15, 0.2) is 186 Å². The summed E-state index contributed by atoms with van der Waals surface area (Å²) in [7, 11) is 0. The molecule has 2 heterocycles. The summed E-state index contributed by atoms with van der Waals surface area (Å²) in [5, 5.41) is 7.23. The highest BCUT2D eigenvalue weighted by molar-refractivity contribution is 6.19. The molecule has 0 atom stereocenters. The highest BCUT2D eigenvalue weighted by Gasteiger charge is 2.20. The van der Waals surface area contributed by atoms with Crippen molar-refractivity contribution >= 4 is 71.6 Å². The smallest absolute Gasteiger partial charge is 0.137 e. The number of fused-ring (bicyclic) bond motifs is 8. The molecule has 230 valence electrons. The third-order valence-electron chi connectivity index (χ3n) is 9.76. The molecule has 0 aliphatic rings. The van der Waals surface area contributed by atoms with E-state index in [4.69, 9.17) is 4.42 Å². The van der Waals surface area contributed by atoms with E-state index in [-0.39, 0.29) is 0 Å². The Kier molecular flexibility index (Phi) is 6.18. The van der Waals surface area contributed by atoms with E-state index in [9.17, 15) is 0 Å². The number of hydrogen-bond acceptors (Lipinski definition) is 2. The zero-order valence-electron chi connectivity index (χ0n) is 26.6. The highest BCUT2D eigenvalue weighted by atomic mass is 16.3. The number of furan rings is 1. The molecule has 8 aromatic carbocycles. The maximum absolute atomic E-state index is 6.29. The van der Waals surface area contributed by atoms with Crippen LogP contribution in [0.3, 0.4) is 0 Å². The maximum atomic E-state index is 6.29. The summed E-state index contributed by atoms with van der Waals surface area (Å²) in [6, 6.07) is 64.9. The van der Waals surface area contributed by atoms with Crippen LogP contribution in [0.4, 0.5) is 17.1 Å². The highest BCUT2D eigenvalue weighted by Crippen LogP contribution is 2.43. The van der Waals surface area contributed by atoms with E-state index in [2.05, 4.69) is 179 Å². The van der Waals surface area contributed by atoms with Gasteiger partial charge in [-0.05, 0) is 77.2 Å². The van der Waals surface area contributed by atoms with Crippen molar-refractivity contribution < 1.29 is 4.42 Å². The third kappa shape index (κ3) is 4.37. The minimum Gasteiger partial charge on any atom is -0.456 e. The number of nitrogens with zero attached hydrogens (tertiary/aromatic N) is 2. The quantitative estimate of drug-likeness (QED) is 0.190. The Morgan fingerprint density at radius 3 is 1.92 bits per heavy atom. The van der Waals surface area contributed by atoms with Gasteiger partial charge in [0, 0.05) is 38.6 Å². The SMILES string of the molecule is c1ccc(N(c2ccc(-c3ccc4c5ccc6ccccc6c5n(-c5ccccc5)c4c3)cc2)c2cccc3oc4ccccc4c23)cc1. The molecule has 0 unspecified atom stereocenters. The van der Waals surface area contributed by atoms with Crippen LogP contribution in [-0.2, 0) is 0 Å². The lowest BCUT2D eigenvalue weighted by molar-refractivity contribution is 0.669. The second-order valence-electron chi connectivity index (χ2n) is 12.6. The van der Waals surface area contributed by atoms with Crippen LogP contribution in [0, 0.1) is 0 Å². The van der Waals surface area contributed by atoms with Gasteiger partial charge in [-0.1, -0.05) is 121 Å². The minimum absolute atomic E-state index is 0.881.